The van der Waals surface area contributed by atoms with E-state index < -0.39 is 0 Å². The Morgan fingerprint density at radius 2 is 2.00 bits per heavy atom. The van der Waals surface area contributed by atoms with Gasteiger partial charge in [0.1, 0.15) is 11.6 Å². The number of halogens is 1. The lowest BCUT2D eigenvalue weighted by atomic mass is 9.78. The van der Waals surface area contributed by atoms with Crippen molar-refractivity contribution in [2.24, 2.45) is 13.0 Å². The van der Waals surface area contributed by atoms with Crippen LogP contribution in [0.5, 0.6) is 0 Å². The second kappa shape index (κ2) is 6.94. The lowest BCUT2D eigenvalue weighted by Crippen LogP contribution is -2.44. The molecule has 1 aliphatic heterocycles. The van der Waals surface area contributed by atoms with Crippen molar-refractivity contribution in [1.29, 1.82) is 0 Å². The lowest BCUT2D eigenvalue weighted by Gasteiger charge is -2.31. The van der Waals surface area contributed by atoms with Gasteiger partial charge in [-0.15, -0.1) is 0 Å². The molecule has 27 heavy (non-hydrogen) atoms. The lowest BCUT2D eigenvalue weighted by molar-refractivity contribution is -0.126. The van der Waals surface area contributed by atoms with Crippen molar-refractivity contribution < 1.29 is 9.18 Å². The van der Waals surface area contributed by atoms with Crippen LogP contribution in [0, 0.1) is 11.7 Å². The highest BCUT2D eigenvalue weighted by Crippen LogP contribution is 2.40. The normalized spacial score (nSPS) is 21.0. The summed E-state index contributed by atoms with van der Waals surface area (Å²) in [6.45, 7) is 0.945. The van der Waals surface area contributed by atoms with Gasteiger partial charge in [0.25, 0.3) is 0 Å². The van der Waals surface area contributed by atoms with Crippen LogP contribution >= 0.6 is 0 Å². The number of amides is 1. The molecule has 1 aliphatic carbocycles. The van der Waals surface area contributed by atoms with Gasteiger partial charge in [-0.25, -0.2) is 13.9 Å². The molecule has 2 aliphatic rings. The van der Waals surface area contributed by atoms with E-state index in [9.17, 15) is 14.0 Å². The maximum absolute atomic E-state index is 13.3. The summed E-state index contributed by atoms with van der Waals surface area (Å²) in [6, 6.07) is 6.67. The molecular weight excluding hydrogens is 347 g/mol. The van der Waals surface area contributed by atoms with Crippen LogP contribution in [0.3, 0.4) is 0 Å². The smallest absolute Gasteiger partial charge is 0.345 e. The molecular formula is C20H25FN4O2. The zero-order valence-corrected chi connectivity index (χ0v) is 15.6. The van der Waals surface area contributed by atoms with Crippen LogP contribution in [0.2, 0.25) is 0 Å². The predicted molar refractivity (Wildman–Crippen MR) is 98.8 cm³/mol. The fraction of sp³-hybridized carbons (Fsp3) is 0.550. The fourth-order valence-corrected chi connectivity index (χ4v) is 4.58. The summed E-state index contributed by atoms with van der Waals surface area (Å²) in [6.07, 6.45) is 5.56. The Bertz CT molecular complexity index is 894. The van der Waals surface area contributed by atoms with Gasteiger partial charge < -0.3 is 5.32 Å². The SMILES string of the molecule is Cn1nc2n(c1=O)CC(C(=O)NCC1(c3ccc(F)cc3)CCCC1)CC2. The Hall–Kier alpha value is -2.44. The highest BCUT2D eigenvalue weighted by atomic mass is 19.1. The standard InChI is InChI=1S/C20H25FN4O2/c1-24-19(27)25-12-14(4-9-17(25)23-24)18(26)22-13-20(10-2-3-11-20)15-5-7-16(21)8-6-15/h5-8,14H,2-4,9-13H2,1H3,(H,22,26). The number of fused-ring (bicyclic) bond motifs is 1. The van der Waals surface area contributed by atoms with E-state index in [1.54, 1.807) is 11.6 Å². The molecule has 0 bridgehead atoms. The first-order chi connectivity index (χ1) is 13.0. The third-order valence-corrected chi connectivity index (χ3v) is 6.19. The minimum absolute atomic E-state index is 0.00945. The molecule has 1 fully saturated rings. The van der Waals surface area contributed by atoms with Crippen LogP contribution in [-0.4, -0.2) is 26.8 Å². The summed E-state index contributed by atoms with van der Waals surface area (Å²) in [5, 5.41) is 7.35. The van der Waals surface area contributed by atoms with Crippen LogP contribution in [0.15, 0.2) is 29.1 Å². The minimum Gasteiger partial charge on any atom is -0.355 e. The third-order valence-electron chi connectivity index (χ3n) is 6.19. The van der Waals surface area contributed by atoms with E-state index in [1.807, 2.05) is 12.1 Å². The minimum atomic E-state index is -0.240. The third kappa shape index (κ3) is 3.31. The zero-order chi connectivity index (χ0) is 19.0. The second-order valence-corrected chi connectivity index (χ2v) is 7.88. The number of hydrogen-bond donors (Lipinski definition) is 1. The molecule has 1 aromatic heterocycles. The van der Waals surface area contributed by atoms with Crippen molar-refractivity contribution in [2.75, 3.05) is 6.54 Å². The molecule has 1 saturated carbocycles. The molecule has 0 spiro atoms. The van der Waals surface area contributed by atoms with Crippen LogP contribution in [0.25, 0.3) is 0 Å². The molecule has 1 atom stereocenters. The van der Waals surface area contributed by atoms with Crippen molar-refractivity contribution in [1.82, 2.24) is 19.7 Å². The Morgan fingerprint density at radius 3 is 2.70 bits per heavy atom. The summed E-state index contributed by atoms with van der Waals surface area (Å²) < 4.78 is 16.2. The summed E-state index contributed by atoms with van der Waals surface area (Å²) in [4.78, 5) is 24.9. The first kappa shape index (κ1) is 17.9. The van der Waals surface area contributed by atoms with E-state index in [4.69, 9.17) is 0 Å². The summed E-state index contributed by atoms with van der Waals surface area (Å²) in [5.74, 6) is 0.289. The molecule has 6 nitrogen and oxygen atoms in total. The van der Waals surface area contributed by atoms with Gasteiger partial charge in [0, 0.05) is 32.0 Å². The van der Waals surface area contributed by atoms with Gasteiger partial charge >= 0.3 is 5.69 Å². The van der Waals surface area contributed by atoms with E-state index in [2.05, 4.69) is 10.4 Å². The first-order valence-electron chi connectivity index (χ1n) is 9.65. The van der Waals surface area contributed by atoms with Crippen LogP contribution in [0.4, 0.5) is 4.39 Å². The number of aromatic nitrogens is 3. The van der Waals surface area contributed by atoms with Crippen molar-refractivity contribution in [3.63, 3.8) is 0 Å². The van der Waals surface area contributed by atoms with Gasteiger partial charge in [0.15, 0.2) is 0 Å². The number of rotatable bonds is 4. The number of nitrogens with zero attached hydrogens (tertiary/aromatic N) is 3. The highest BCUT2D eigenvalue weighted by molar-refractivity contribution is 5.78. The zero-order valence-electron chi connectivity index (χ0n) is 15.6. The maximum atomic E-state index is 13.3. The quantitative estimate of drug-likeness (QED) is 0.891. The summed E-state index contributed by atoms with van der Waals surface area (Å²) in [7, 11) is 1.63. The largest absolute Gasteiger partial charge is 0.355 e. The van der Waals surface area contributed by atoms with Gasteiger partial charge in [-0.05, 0) is 37.0 Å². The summed E-state index contributed by atoms with van der Waals surface area (Å²) >= 11 is 0. The maximum Gasteiger partial charge on any atom is 0.345 e. The van der Waals surface area contributed by atoms with E-state index in [0.29, 0.717) is 25.9 Å². The van der Waals surface area contributed by atoms with E-state index in [0.717, 1.165) is 37.1 Å². The molecule has 7 heteroatoms. The van der Waals surface area contributed by atoms with E-state index >= 15 is 0 Å². The number of benzene rings is 1. The van der Waals surface area contributed by atoms with Crippen molar-refractivity contribution in [3.8, 4) is 0 Å². The number of hydrogen-bond acceptors (Lipinski definition) is 3. The van der Waals surface area contributed by atoms with Crippen LogP contribution < -0.4 is 11.0 Å². The second-order valence-electron chi connectivity index (χ2n) is 7.88. The number of aryl methyl sites for hydroxylation is 2. The molecule has 2 heterocycles. The molecule has 4 rings (SSSR count). The van der Waals surface area contributed by atoms with Gasteiger partial charge in [-0.1, -0.05) is 25.0 Å². The average Bonchev–Trinajstić information content (AvgIpc) is 3.26. The molecule has 0 saturated heterocycles. The molecule has 1 aromatic carbocycles. The number of carbonyl (C=O) groups is 1. The fourth-order valence-electron chi connectivity index (χ4n) is 4.58. The van der Waals surface area contributed by atoms with Gasteiger partial charge in [-0.3, -0.25) is 9.36 Å². The summed E-state index contributed by atoms with van der Waals surface area (Å²) in [5.41, 5.74) is 0.811. The molecule has 1 unspecified atom stereocenters. The first-order valence-corrected chi connectivity index (χ1v) is 9.65. The van der Waals surface area contributed by atoms with Crippen LogP contribution in [0.1, 0.15) is 43.5 Å². The van der Waals surface area contributed by atoms with Gasteiger partial charge in [0.05, 0.1) is 5.92 Å². The average molecular weight is 372 g/mol. The number of nitrogens with one attached hydrogen (secondary N) is 1. The monoisotopic (exact) mass is 372 g/mol. The van der Waals surface area contributed by atoms with E-state index in [1.165, 1.54) is 16.8 Å². The molecule has 1 N–H and O–H groups in total. The molecule has 0 radical (unpaired) electrons. The number of carbonyl (C=O) groups excluding carboxylic acids is 1. The molecule has 2 aromatic rings. The van der Waals surface area contributed by atoms with Gasteiger partial charge in [-0.2, -0.15) is 5.10 Å². The Morgan fingerprint density at radius 1 is 1.30 bits per heavy atom. The Labute approximate surface area is 157 Å². The Kier molecular flexibility index (Phi) is 4.61. The molecule has 1 amide bonds. The van der Waals surface area contributed by atoms with Gasteiger partial charge in [0.2, 0.25) is 5.91 Å². The molecule has 144 valence electrons. The van der Waals surface area contributed by atoms with Crippen molar-refractivity contribution >= 4 is 5.91 Å². The van der Waals surface area contributed by atoms with Crippen LogP contribution in [-0.2, 0) is 30.2 Å². The van der Waals surface area contributed by atoms with Crippen molar-refractivity contribution in [3.05, 3.63) is 52.0 Å². The van der Waals surface area contributed by atoms with Crippen molar-refractivity contribution in [2.45, 2.75) is 50.5 Å². The predicted octanol–water partition coefficient (Wildman–Crippen LogP) is 1.91. The van der Waals surface area contributed by atoms with E-state index in [-0.39, 0.29) is 28.7 Å². The topological polar surface area (TPSA) is 68.9 Å². The Balaban J connectivity index is 1.45. The highest BCUT2D eigenvalue weighted by Gasteiger charge is 2.37.